The van der Waals surface area contributed by atoms with Crippen LogP contribution in [-0.2, 0) is 10.0 Å². The van der Waals surface area contributed by atoms with E-state index in [0.717, 1.165) is 24.8 Å². The van der Waals surface area contributed by atoms with Gasteiger partial charge in [-0.05, 0) is 56.0 Å². The number of methoxy groups -OCH3 is 1. The van der Waals surface area contributed by atoms with Gasteiger partial charge in [-0.25, -0.2) is 8.42 Å². The summed E-state index contributed by atoms with van der Waals surface area (Å²) in [7, 11) is -2.52. The molecule has 0 saturated heterocycles. The first-order valence-electron chi connectivity index (χ1n) is 9.88. The molecule has 1 amide bonds. The third kappa shape index (κ3) is 5.09. The predicted octanol–water partition coefficient (Wildman–Crippen LogP) is 4.11. The Morgan fingerprint density at radius 1 is 1.07 bits per heavy atom. The van der Waals surface area contributed by atoms with E-state index >= 15 is 0 Å². The minimum Gasteiger partial charge on any atom is -0.495 e. The van der Waals surface area contributed by atoms with Gasteiger partial charge in [0.05, 0.1) is 7.11 Å². The lowest BCUT2D eigenvalue weighted by Gasteiger charge is -2.29. The molecule has 0 aromatic heterocycles. The van der Waals surface area contributed by atoms with Crippen LogP contribution >= 0.6 is 0 Å². The second-order valence-corrected chi connectivity index (χ2v) is 9.33. The number of hydrogen-bond acceptors (Lipinski definition) is 4. The second-order valence-electron chi connectivity index (χ2n) is 7.68. The smallest absolute Gasteiger partial charge is 0.265 e. The van der Waals surface area contributed by atoms with Crippen LogP contribution in [0.3, 0.4) is 0 Å². The number of hydrogen-bond donors (Lipinski definition) is 2. The molecule has 1 fully saturated rings. The van der Waals surface area contributed by atoms with Crippen LogP contribution in [0.4, 0.5) is 5.69 Å². The number of carbonyl (C=O) groups excluding carboxylic acids is 1. The zero-order valence-corrected chi connectivity index (χ0v) is 17.9. The molecule has 1 aliphatic carbocycles. The van der Waals surface area contributed by atoms with Gasteiger partial charge in [-0.3, -0.25) is 9.52 Å². The van der Waals surface area contributed by atoms with E-state index in [0.29, 0.717) is 17.2 Å². The van der Waals surface area contributed by atoms with Crippen LogP contribution < -0.4 is 14.8 Å². The molecule has 156 valence electrons. The fourth-order valence-electron chi connectivity index (χ4n) is 3.64. The van der Waals surface area contributed by atoms with E-state index in [1.165, 1.54) is 25.7 Å². The molecule has 2 aromatic carbocycles. The molecular formula is C22H28N2O4S. The normalized spacial score (nSPS) is 19.4. The maximum atomic E-state index is 13.0. The Morgan fingerprint density at radius 3 is 2.41 bits per heavy atom. The average molecular weight is 417 g/mol. The Kier molecular flexibility index (Phi) is 6.47. The molecule has 2 aromatic rings. The van der Waals surface area contributed by atoms with E-state index in [-0.39, 0.29) is 22.6 Å². The summed E-state index contributed by atoms with van der Waals surface area (Å²) < 4.78 is 33.7. The number of anilines is 1. The fraction of sp³-hybridized carbons (Fsp3) is 0.409. The first-order chi connectivity index (χ1) is 13.8. The van der Waals surface area contributed by atoms with Crippen LogP contribution in [0.2, 0.25) is 0 Å². The lowest BCUT2D eigenvalue weighted by molar-refractivity contribution is 0.0910. The monoisotopic (exact) mass is 416 g/mol. The molecule has 2 atom stereocenters. The molecule has 0 radical (unpaired) electrons. The number of rotatable bonds is 6. The summed E-state index contributed by atoms with van der Waals surface area (Å²) in [5.74, 6) is 0.336. The van der Waals surface area contributed by atoms with Crippen LogP contribution in [0.1, 0.15) is 48.5 Å². The zero-order chi connectivity index (χ0) is 21.0. The number of carbonyl (C=O) groups is 1. The lowest BCUT2D eigenvalue weighted by atomic mass is 9.86. The molecule has 1 saturated carbocycles. The Hall–Kier alpha value is -2.54. The third-order valence-corrected chi connectivity index (χ3v) is 6.85. The molecule has 0 aliphatic heterocycles. The van der Waals surface area contributed by atoms with Crippen LogP contribution in [0, 0.1) is 12.8 Å². The van der Waals surface area contributed by atoms with Crippen molar-refractivity contribution in [2.75, 3.05) is 11.8 Å². The number of sulfonamides is 1. The summed E-state index contributed by atoms with van der Waals surface area (Å²) in [6.07, 6.45) is 4.32. The number of ether oxygens (including phenoxy) is 1. The van der Waals surface area contributed by atoms with Crippen LogP contribution in [0.15, 0.2) is 47.4 Å². The summed E-state index contributed by atoms with van der Waals surface area (Å²) in [4.78, 5) is 12.7. The molecule has 0 spiro atoms. The number of aryl methyl sites for hydroxylation is 1. The van der Waals surface area contributed by atoms with Gasteiger partial charge in [-0.15, -0.1) is 0 Å². The van der Waals surface area contributed by atoms with Crippen molar-refractivity contribution in [3.8, 4) is 5.75 Å². The second kappa shape index (κ2) is 8.86. The van der Waals surface area contributed by atoms with E-state index in [2.05, 4.69) is 17.0 Å². The van der Waals surface area contributed by atoms with Crippen molar-refractivity contribution in [1.29, 1.82) is 0 Å². The highest BCUT2D eigenvalue weighted by atomic mass is 32.2. The highest BCUT2D eigenvalue weighted by Crippen LogP contribution is 2.28. The van der Waals surface area contributed by atoms with E-state index in [9.17, 15) is 13.2 Å². The first kappa shape index (κ1) is 21.2. The minimum absolute atomic E-state index is 0.0649. The Bertz CT molecular complexity index is 971. The van der Waals surface area contributed by atoms with E-state index in [1.807, 2.05) is 19.1 Å². The molecule has 1 aliphatic rings. The van der Waals surface area contributed by atoms with Gasteiger partial charge in [0.2, 0.25) is 0 Å². The summed E-state index contributed by atoms with van der Waals surface area (Å²) in [5, 5.41) is 3.06. The van der Waals surface area contributed by atoms with Gasteiger partial charge in [-0.2, -0.15) is 0 Å². The standard InChI is InChI=1S/C22H28N2O4S/c1-15-8-11-18(12-9-15)24-29(26,27)21-14-17(10-13-20(21)28-3)22(25)23-19-7-5-4-6-16(19)2/h8-14,16,19,24H,4-7H2,1-3H3,(H,23,25)/t16-,19-/m1/s1. The maximum Gasteiger partial charge on any atom is 0.265 e. The summed E-state index contributed by atoms with van der Waals surface area (Å²) in [5.41, 5.74) is 1.78. The number of benzene rings is 2. The van der Waals surface area contributed by atoms with Crippen molar-refractivity contribution in [2.24, 2.45) is 5.92 Å². The van der Waals surface area contributed by atoms with Crippen molar-refractivity contribution in [3.63, 3.8) is 0 Å². The molecule has 0 heterocycles. The average Bonchev–Trinajstić information content (AvgIpc) is 2.70. The molecule has 29 heavy (non-hydrogen) atoms. The fourth-order valence-corrected chi connectivity index (χ4v) is 4.90. The Labute approximate surface area is 172 Å². The zero-order valence-electron chi connectivity index (χ0n) is 17.1. The quantitative estimate of drug-likeness (QED) is 0.742. The van der Waals surface area contributed by atoms with Gasteiger partial charge >= 0.3 is 0 Å². The van der Waals surface area contributed by atoms with Crippen LogP contribution in [0.25, 0.3) is 0 Å². The van der Waals surface area contributed by atoms with Gasteiger partial charge in [0.15, 0.2) is 0 Å². The van der Waals surface area contributed by atoms with E-state index in [1.54, 1.807) is 18.2 Å². The summed E-state index contributed by atoms with van der Waals surface area (Å²) in [6, 6.07) is 11.6. The van der Waals surface area contributed by atoms with Gasteiger partial charge in [0.1, 0.15) is 10.6 Å². The summed E-state index contributed by atoms with van der Waals surface area (Å²) in [6.45, 7) is 4.07. The van der Waals surface area contributed by atoms with Crippen molar-refractivity contribution >= 4 is 21.6 Å². The summed E-state index contributed by atoms with van der Waals surface area (Å²) >= 11 is 0. The topological polar surface area (TPSA) is 84.5 Å². The minimum atomic E-state index is -3.92. The molecule has 0 unspecified atom stereocenters. The highest BCUT2D eigenvalue weighted by Gasteiger charge is 2.25. The maximum absolute atomic E-state index is 13.0. The highest BCUT2D eigenvalue weighted by molar-refractivity contribution is 7.92. The van der Waals surface area contributed by atoms with E-state index < -0.39 is 10.0 Å². The van der Waals surface area contributed by atoms with Gasteiger partial charge < -0.3 is 10.1 Å². The Morgan fingerprint density at radius 2 is 1.76 bits per heavy atom. The van der Waals surface area contributed by atoms with Crippen molar-refractivity contribution in [2.45, 2.75) is 50.5 Å². The lowest BCUT2D eigenvalue weighted by Crippen LogP contribution is -2.41. The van der Waals surface area contributed by atoms with Gasteiger partial charge in [-0.1, -0.05) is 37.5 Å². The van der Waals surface area contributed by atoms with Crippen LogP contribution in [0.5, 0.6) is 5.75 Å². The molecule has 3 rings (SSSR count). The van der Waals surface area contributed by atoms with Crippen molar-refractivity contribution in [3.05, 3.63) is 53.6 Å². The largest absolute Gasteiger partial charge is 0.495 e. The van der Waals surface area contributed by atoms with Crippen LogP contribution in [-0.4, -0.2) is 27.5 Å². The van der Waals surface area contributed by atoms with Crippen molar-refractivity contribution in [1.82, 2.24) is 5.32 Å². The third-order valence-electron chi connectivity index (χ3n) is 5.45. The molecule has 7 heteroatoms. The molecule has 2 N–H and O–H groups in total. The molecule has 6 nitrogen and oxygen atoms in total. The molecule has 0 bridgehead atoms. The van der Waals surface area contributed by atoms with Crippen molar-refractivity contribution < 1.29 is 17.9 Å². The van der Waals surface area contributed by atoms with Gasteiger partial charge in [0, 0.05) is 17.3 Å². The van der Waals surface area contributed by atoms with Gasteiger partial charge in [0.25, 0.3) is 15.9 Å². The van der Waals surface area contributed by atoms with E-state index in [4.69, 9.17) is 4.74 Å². The predicted molar refractivity (Wildman–Crippen MR) is 114 cm³/mol. The SMILES string of the molecule is COc1ccc(C(=O)N[C@@H]2CCCC[C@H]2C)cc1S(=O)(=O)Nc1ccc(C)cc1. The Balaban J connectivity index is 1.86. The molecular weight excluding hydrogens is 388 g/mol. The number of nitrogens with one attached hydrogen (secondary N) is 2. The first-order valence-corrected chi connectivity index (χ1v) is 11.4. The number of amides is 1.